The minimum absolute atomic E-state index is 0.0000926. The average Bonchev–Trinajstić information content (AvgIpc) is 2.64. The van der Waals surface area contributed by atoms with Gasteiger partial charge in [-0.05, 0) is 23.1 Å². The Bertz CT molecular complexity index is 854. The van der Waals surface area contributed by atoms with Gasteiger partial charge in [0, 0.05) is 0 Å². The highest BCUT2D eigenvalue weighted by Crippen LogP contribution is 2.36. The fraction of sp³-hybridized carbons (Fsp3) is 0.250. The fourth-order valence-corrected chi connectivity index (χ4v) is 2.52. The van der Waals surface area contributed by atoms with Crippen molar-refractivity contribution in [3.05, 3.63) is 58.7 Å². The molecule has 0 unspecified atom stereocenters. The van der Waals surface area contributed by atoms with Crippen molar-refractivity contribution in [2.75, 3.05) is 0 Å². The van der Waals surface area contributed by atoms with Gasteiger partial charge >= 0.3 is 38.9 Å². The third-order valence-corrected chi connectivity index (χ3v) is 4.05. The molecule has 0 atom stereocenters. The largest absolute Gasteiger partial charge is 0.477 e. The molecule has 3 nitrogen and oxygen atoms in total. The molecule has 33 heavy (non-hydrogen) atoms. The third kappa shape index (κ3) is 6.80. The van der Waals surface area contributed by atoms with Crippen molar-refractivity contribution in [3.63, 3.8) is 0 Å². The van der Waals surface area contributed by atoms with E-state index in [1.165, 1.54) is 0 Å². The number of benzene rings is 2. The van der Waals surface area contributed by atoms with E-state index in [9.17, 15) is 62.7 Å². The first-order chi connectivity index (χ1) is 14.7. The Morgan fingerprint density at radius 1 is 0.455 bits per heavy atom. The topological polar surface area (TPSA) is 49.7 Å². The minimum atomic E-state index is -5.32. The standard InChI is InChI=1S/C16H8B2F12O3/c19-13(20,21)7-1-8(14(22,23)24)4-11(3-7)17(31)33-18(32)12-5-9(15(25,26)27)2-10(6-12)16(28,29)30/h1-6,31-32H. The van der Waals surface area contributed by atoms with E-state index in [0.29, 0.717) is 0 Å². The van der Waals surface area contributed by atoms with Gasteiger partial charge in [0.05, 0.1) is 22.3 Å². The molecule has 0 aliphatic rings. The number of alkyl halides is 12. The van der Waals surface area contributed by atoms with E-state index in [0.717, 1.165) is 0 Å². The highest BCUT2D eigenvalue weighted by atomic mass is 19.4. The van der Waals surface area contributed by atoms with Crippen molar-refractivity contribution in [3.8, 4) is 0 Å². The van der Waals surface area contributed by atoms with E-state index in [1.54, 1.807) is 0 Å². The van der Waals surface area contributed by atoms with Gasteiger partial charge in [0.15, 0.2) is 0 Å². The summed E-state index contributed by atoms with van der Waals surface area (Å²) in [5.74, 6) is 0. The lowest BCUT2D eigenvalue weighted by molar-refractivity contribution is -0.144. The lowest BCUT2D eigenvalue weighted by Gasteiger charge is -2.18. The zero-order valence-corrected chi connectivity index (χ0v) is 15.5. The minimum Gasteiger partial charge on any atom is -0.443 e. The molecule has 0 radical (unpaired) electrons. The van der Waals surface area contributed by atoms with Crippen molar-refractivity contribution in [2.45, 2.75) is 24.7 Å². The van der Waals surface area contributed by atoms with Gasteiger partial charge in [-0.1, -0.05) is 24.3 Å². The molecule has 0 aliphatic carbocycles. The Morgan fingerprint density at radius 3 is 0.848 bits per heavy atom. The number of hydrogen-bond donors (Lipinski definition) is 2. The first-order valence-corrected chi connectivity index (χ1v) is 8.30. The molecule has 2 aromatic rings. The Morgan fingerprint density at radius 2 is 0.667 bits per heavy atom. The molecular formula is C16H8B2F12O3. The fourth-order valence-electron chi connectivity index (χ4n) is 2.52. The summed E-state index contributed by atoms with van der Waals surface area (Å²) < 4.78 is 159. The van der Waals surface area contributed by atoms with E-state index in [2.05, 4.69) is 4.57 Å². The second kappa shape index (κ2) is 8.76. The van der Waals surface area contributed by atoms with Gasteiger partial charge in [0.1, 0.15) is 0 Å². The molecule has 0 aromatic heterocycles. The first kappa shape index (κ1) is 26.9. The van der Waals surface area contributed by atoms with Crippen molar-refractivity contribution in [2.24, 2.45) is 0 Å². The second-order valence-electron chi connectivity index (χ2n) is 6.52. The summed E-state index contributed by atoms with van der Waals surface area (Å²) in [6.45, 7) is 0. The maximum absolute atomic E-state index is 12.9. The molecule has 0 saturated heterocycles. The van der Waals surface area contributed by atoms with Gasteiger partial charge < -0.3 is 14.6 Å². The molecule has 0 heterocycles. The van der Waals surface area contributed by atoms with Gasteiger partial charge in [0.2, 0.25) is 0 Å². The van der Waals surface area contributed by atoms with E-state index in [1.807, 2.05) is 0 Å². The van der Waals surface area contributed by atoms with E-state index >= 15 is 0 Å². The number of rotatable bonds is 4. The van der Waals surface area contributed by atoms with Crippen LogP contribution in [0.3, 0.4) is 0 Å². The van der Waals surface area contributed by atoms with Crippen molar-refractivity contribution in [1.29, 1.82) is 0 Å². The van der Waals surface area contributed by atoms with Gasteiger partial charge in [-0.25, -0.2) is 0 Å². The van der Waals surface area contributed by atoms with Crippen LogP contribution in [0.25, 0.3) is 0 Å². The normalized spacial score (nSPS) is 13.3. The van der Waals surface area contributed by atoms with Crippen molar-refractivity contribution in [1.82, 2.24) is 0 Å². The Kier molecular flexibility index (Phi) is 7.13. The number of hydrogen-bond acceptors (Lipinski definition) is 3. The van der Waals surface area contributed by atoms with E-state index < -0.39 is 72.1 Å². The van der Waals surface area contributed by atoms with Gasteiger partial charge in [0.25, 0.3) is 0 Å². The summed E-state index contributed by atoms with van der Waals surface area (Å²) in [6.07, 6.45) is -21.3. The van der Waals surface area contributed by atoms with E-state index in [-0.39, 0.29) is 36.4 Å². The Labute approximate surface area is 176 Å². The Hall–Kier alpha value is -2.39. The summed E-state index contributed by atoms with van der Waals surface area (Å²) in [5.41, 5.74) is -9.99. The summed E-state index contributed by atoms with van der Waals surface area (Å²) in [5, 5.41) is 19.7. The highest BCUT2D eigenvalue weighted by molar-refractivity contribution is 6.73. The summed E-state index contributed by atoms with van der Waals surface area (Å²) in [4.78, 5) is 0. The summed E-state index contributed by atoms with van der Waals surface area (Å²) in [7, 11) is -5.60. The molecule has 2 rings (SSSR count). The van der Waals surface area contributed by atoms with Crippen LogP contribution in [0.4, 0.5) is 52.7 Å². The molecule has 0 bridgehead atoms. The molecule has 17 heteroatoms. The van der Waals surface area contributed by atoms with Crippen LogP contribution >= 0.6 is 0 Å². The SMILES string of the molecule is OB(OB(O)c1cc(C(F)(F)F)cc(C(F)(F)F)c1)c1cc(C(F)(F)F)cc(C(F)(F)F)c1. The zero-order chi connectivity index (χ0) is 25.6. The summed E-state index contributed by atoms with van der Waals surface area (Å²) in [6, 6.07) is -0.594. The molecule has 0 fully saturated rings. The van der Waals surface area contributed by atoms with Crippen LogP contribution in [0.5, 0.6) is 0 Å². The Balaban J connectivity index is 2.46. The van der Waals surface area contributed by atoms with Crippen LogP contribution in [0.2, 0.25) is 0 Å². The molecule has 0 aliphatic heterocycles. The molecule has 2 N–H and O–H groups in total. The van der Waals surface area contributed by atoms with Crippen LogP contribution in [-0.2, 0) is 29.3 Å². The zero-order valence-electron chi connectivity index (χ0n) is 15.5. The third-order valence-electron chi connectivity index (χ3n) is 4.05. The van der Waals surface area contributed by atoms with Crippen molar-refractivity contribution >= 4 is 25.2 Å². The van der Waals surface area contributed by atoms with Gasteiger partial charge in [-0.2, -0.15) is 52.7 Å². The maximum Gasteiger partial charge on any atom is 0.477 e. The first-order valence-electron chi connectivity index (χ1n) is 8.30. The average molecular weight is 498 g/mol. The lowest BCUT2D eigenvalue weighted by atomic mass is 9.70. The molecule has 2 aromatic carbocycles. The van der Waals surface area contributed by atoms with Gasteiger partial charge in [-0.3, -0.25) is 0 Å². The quantitative estimate of drug-likeness (QED) is 0.498. The predicted octanol–water partition coefficient (Wildman–Crippen LogP) is 3.85. The summed E-state index contributed by atoms with van der Waals surface area (Å²) >= 11 is 0. The van der Waals surface area contributed by atoms with Crippen LogP contribution in [0.1, 0.15) is 22.3 Å². The maximum atomic E-state index is 12.9. The molecule has 0 saturated carbocycles. The second-order valence-corrected chi connectivity index (χ2v) is 6.52. The molecule has 0 amide bonds. The van der Waals surface area contributed by atoms with Crippen LogP contribution in [-0.4, -0.2) is 24.3 Å². The van der Waals surface area contributed by atoms with Crippen LogP contribution in [0.15, 0.2) is 36.4 Å². The predicted molar refractivity (Wildman–Crippen MR) is 89.2 cm³/mol. The van der Waals surface area contributed by atoms with Crippen LogP contribution in [0, 0.1) is 0 Å². The molecule has 0 spiro atoms. The number of halogens is 12. The highest BCUT2D eigenvalue weighted by Gasteiger charge is 2.41. The van der Waals surface area contributed by atoms with Crippen molar-refractivity contribution < 1.29 is 67.3 Å². The van der Waals surface area contributed by atoms with Gasteiger partial charge in [-0.15, -0.1) is 0 Å². The van der Waals surface area contributed by atoms with E-state index in [4.69, 9.17) is 0 Å². The lowest BCUT2D eigenvalue weighted by Crippen LogP contribution is -2.46. The smallest absolute Gasteiger partial charge is 0.443 e. The van der Waals surface area contributed by atoms with Crippen LogP contribution < -0.4 is 10.9 Å². The molecule has 180 valence electrons. The monoisotopic (exact) mass is 498 g/mol. The molecular weight excluding hydrogens is 490 g/mol.